The summed E-state index contributed by atoms with van der Waals surface area (Å²) in [5.41, 5.74) is 1.57. The van der Waals surface area contributed by atoms with Gasteiger partial charge in [-0.05, 0) is 38.0 Å². The van der Waals surface area contributed by atoms with Crippen molar-refractivity contribution in [3.63, 3.8) is 0 Å². The third-order valence-corrected chi connectivity index (χ3v) is 4.57. The molecule has 2 N–H and O–H groups in total. The molecule has 1 fully saturated rings. The van der Waals surface area contributed by atoms with Crippen LogP contribution in [0.5, 0.6) is 0 Å². The number of carbonyl (C=O) groups excluding carboxylic acids is 2. The summed E-state index contributed by atoms with van der Waals surface area (Å²) in [7, 11) is 0. The van der Waals surface area contributed by atoms with E-state index in [4.69, 9.17) is 4.74 Å². The molecule has 1 aliphatic rings. The van der Waals surface area contributed by atoms with E-state index in [0.29, 0.717) is 23.6 Å². The van der Waals surface area contributed by atoms with Crippen molar-refractivity contribution < 1.29 is 14.3 Å². The normalized spacial score (nSPS) is 16.2. The van der Waals surface area contributed by atoms with E-state index in [2.05, 4.69) is 25.7 Å². The molecule has 3 aromatic rings. The van der Waals surface area contributed by atoms with Crippen LogP contribution in [0.2, 0.25) is 0 Å². The van der Waals surface area contributed by atoms with E-state index in [1.54, 1.807) is 36.5 Å². The van der Waals surface area contributed by atoms with Gasteiger partial charge in [-0.1, -0.05) is 12.1 Å². The van der Waals surface area contributed by atoms with Crippen LogP contribution in [-0.4, -0.2) is 50.7 Å². The van der Waals surface area contributed by atoms with Crippen LogP contribution in [0.3, 0.4) is 0 Å². The average molecular weight is 380 g/mol. The SMILES string of the molecule is Cc1ccnc2nc(C(=O)Nc3ccccc3C(=O)NCC3CCCO3)nn12. The number of anilines is 1. The van der Waals surface area contributed by atoms with Gasteiger partial charge in [0.1, 0.15) is 0 Å². The van der Waals surface area contributed by atoms with E-state index in [9.17, 15) is 9.59 Å². The summed E-state index contributed by atoms with van der Waals surface area (Å²) in [6.07, 6.45) is 3.59. The minimum Gasteiger partial charge on any atom is -0.376 e. The molecule has 0 saturated carbocycles. The first-order chi connectivity index (χ1) is 13.6. The highest BCUT2D eigenvalue weighted by Gasteiger charge is 2.20. The zero-order chi connectivity index (χ0) is 19.5. The van der Waals surface area contributed by atoms with Crippen LogP contribution in [0, 0.1) is 6.92 Å². The molecular weight excluding hydrogens is 360 g/mol. The van der Waals surface area contributed by atoms with Crippen molar-refractivity contribution in [1.29, 1.82) is 0 Å². The van der Waals surface area contributed by atoms with Gasteiger partial charge in [0.25, 0.3) is 17.6 Å². The Morgan fingerprint density at radius 2 is 2.11 bits per heavy atom. The lowest BCUT2D eigenvalue weighted by Gasteiger charge is -2.13. The summed E-state index contributed by atoms with van der Waals surface area (Å²) in [5.74, 6) is -0.458. The Morgan fingerprint density at radius 3 is 2.89 bits per heavy atom. The van der Waals surface area contributed by atoms with E-state index in [0.717, 1.165) is 25.1 Å². The van der Waals surface area contributed by atoms with Crippen molar-refractivity contribution in [2.45, 2.75) is 25.9 Å². The van der Waals surface area contributed by atoms with Crippen LogP contribution >= 0.6 is 0 Å². The molecule has 0 bridgehead atoms. The van der Waals surface area contributed by atoms with Crippen LogP contribution in [0.4, 0.5) is 5.69 Å². The van der Waals surface area contributed by atoms with Gasteiger partial charge in [0.15, 0.2) is 0 Å². The van der Waals surface area contributed by atoms with Gasteiger partial charge in [0, 0.05) is 25.0 Å². The Labute approximate surface area is 161 Å². The van der Waals surface area contributed by atoms with Gasteiger partial charge in [-0.15, -0.1) is 5.10 Å². The van der Waals surface area contributed by atoms with Crippen molar-refractivity contribution in [3.8, 4) is 0 Å². The van der Waals surface area contributed by atoms with Crippen molar-refractivity contribution in [3.05, 3.63) is 53.6 Å². The molecular formula is C19H20N6O3. The van der Waals surface area contributed by atoms with Crippen molar-refractivity contribution in [2.24, 2.45) is 0 Å². The van der Waals surface area contributed by atoms with Crippen molar-refractivity contribution in [2.75, 3.05) is 18.5 Å². The highest BCUT2D eigenvalue weighted by Crippen LogP contribution is 2.17. The first-order valence-corrected chi connectivity index (χ1v) is 9.10. The Morgan fingerprint density at radius 1 is 1.25 bits per heavy atom. The number of amides is 2. The molecule has 144 valence electrons. The number of fused-ring (bicyclic) bond motifs is 1. The van der Waals surface area contributed by atoms with Gasteiger partial charge in [0.05, 0.1) is 17.4 Å². The Bertz CT molecular complexity index is 1030. The smallest absolute Gasteiger partial charge is 0.295 e. The second kappa shape index (κ2) is 7.73. The molecule has 0 spiro atoms. The number of ether oxygens (including phenoxy) is 1. The molecule has 28 heavy (non-hydrogen) atoms. The number of aromatic nitrogens is 4. The van der Waals surface area contributed by atoms with E-state index in [-0.39, 0.29) is 17.8 Å². The number of aryl methyl sites for hydroxylation is 1. The van der Waals surface area contributed by atoms with E-state index in [1.165, 1.54) is 4.52 Å². The molecule has 1 unspecified atom stereocenters. The lowest BCUT2D eigenvalue weighted by atomic mass is 10.1. The molecule has 4 rings (SSSR count). The van der Waals surface area contributed by atoms with Gasteiger partial charge in [-0.2, -0.15) is 4.98 Å². The second-order valence-corrected chi connectivity index (χ2v) is 6.58. The average Bonchev–Trinajstić information content (AvgIpc) is 3.37. The summed E-state index contributed by atoms with van der Waals surface area (Å²) in [6, 6.07) is 8.58. The number of carbonyl (C=O) groups is 2. The number of para-hydroxylation sites is 1. The number of rotatable bonds is 5. The predicted octanol–water partition coefficient (Wildman–Crippen LogP) is 1.59. The maximum atomic E-state index is 12.6. The lowest BCUT2D eigenvalue weighted by Crippen LogP contribution is -2.32. The van der Waals surface area contributed by atoms with Crippen molar-refractivity contribution in [1.82, 2.24) is 24.9 Å². The molecule has 1 atom stereocenters. The monoisotopic (exact) mass is 380 g/mol. The zero-order valence-electron chi connectivity index (χ0n) is 15.4. The van der Waals surface area contributed by atoms with Crippen LogP contribution in [0.25, 0.3) is 5.78 Å². The van der Waals surface area contributed by atoms with Gasteiger partial charge >= 0.3 is 0 Å². The molecule has 0 radical (unpaired) electrons. The zero-order valence-corrected chi connectivity index (χ0v) is 15.4. The minimum atomic E-state index is -0.510. The topological polar surface area (TPSA) is 111 Å². The lowest BCUT2D eigenvalue weighted by molar-refractivity contribution is 0.0858. The van der Waals surface area contributed by atoms with Crippen molar-refractivity contribution >= 4 is 23.3 Å². The Hall–Kier alpha value is -3.33. The molecule has 2 aromatic heterocycles. The van der Waals surface area contributed by atoms with Crippen LogP contribution < -0.4 is 10.6 Å². The number of nitrogens with zero attached hydrogens (tertiary/aromatic N) is 4. The number of nitrogens with one attached hydrogen (secondary N) is 2. The fourth-order valence-electron chi connectivity index (χ4n) is 3.08. The number of hydrogen-bond donors (Lipinski definition) is 2. The highest BCUT2D eigenvalue weighted by atomic mass is 16.5. The summed E-state index contributed by atoms with van der Waals surface area (Å²) < 4.78 is 7.02. The third-order valence-electron chi connectivity index (χ3n) is 4.57. The van der Waals surface area contributed by atoms with E-state index >= 15 is 0 Å². The molecule has 9 heteroatoms. The first kappa shape index (κ1) is 18.1. The molecule has 1 aromatic carbocycles. The Kier molecular flexibility index (Phi) is 4.98. The van der Waals surface area contributed by atoms with Crippen LogP contribution in [0.15, 0.2) is 36.5 Å². The summed E-state index contributed by atoms with van der Waals surface area (Å²) in [5, 5.41) is 9.77. The molecule has 2 amide bonds. The quantitative estimate of drug-likeness (QED) is 0.696. The van der Waals surface area contributed by atoms with Gasteiger partial charge in [-0.3, -0.25) is 9.59 Å². The van der Waals surface area contributed by atoms with Crippen LogP contribution in [0.1, 0.15) is 39.5 Å². The molecule has 1 saturated heterocycles. The maximum Gasteiger partial charge on any atom is 0.295 e. The Balaban J connectivity index is 1.50. The molecule has 1 aliphatic heterocycles. The predicted molar refractivity (Wildman–Crippen MR) is 101 cm³/mol. The fourth-order valence-corrected chi connectivity index (χ4v) is 3.08. The number of benzene rings is 1. The summed E-state index contributed by atoms with van der Waals surface area (Å²) in [6.45, 7) is 3.02. The maximum absolute atomic E-state index is 12.6. The van der Waals surface area contributed by atoms with Crippen LogP contribution in [-0.2, 0) is 4.74 Å². The van der Waals surface area contributed by atoms with Gasteiger partial charge in [0.2, 0.25) is 5.82 Å². The highest BCUT2D eigenvalue weighted by molar-refractivity contribution is 6.07. The molecule has 0 aliphatic carbocycles. The van der Waals surface area contributed by atoms with Gasteiger partial charge < -0.3 is 15.4 Å². The van der Waals surface area contributed by atoms with Gasteiger partial charge in [-0.25, -0.2) is 9.50 Å². The third kappa shape index (κ3) is 3.70. The minimum absolute atomic E-state index is 0.0173. The summed E-state index contributed by atoms with van der Waals surface area (Å²) in [4.78, 5) is 33.4. The summed E-state index contributed by atoms with van der Waals surface area (Å²) >= 11 is 0. The number of hydrogen-bond acceptors (Lipinski definition) is 6. The fraction of sp³-hybridized carbons (Fsp3) is 0.316. The first-order valence-electron chi connectivity index (χ1n) is 9.10. The molecule has 9 nitrogen and oxygen atoms in total. The molecule has 3 heterocycles. The standard InChI is InChI=1S/C19H20N6O3/c1-12-8-9-20-19-23-16(24-25(12)19)18(27)22-15-7-3-2-6-14(15)17(26)21-11-13-5-4-10-28-13/h2-3,6-9,13H,4-5,10-11H2,1H3,(H,21,26)(H,22,27). The van der Waals surface area contributed by atoms with E-state index in [1.807, 2.05) is 6.92 Å². The second-order valence-electron chi connectivity index (χ2n) is 6.58. The van der Waals surface area contributed by atoms with E-state index < -0.39 is 5.91 Å². The largest absolute Gasteiger partial charge is 0.376 e.